The maximum absolute atomic E-state index is 13.1. The summed E-state index contributed by atoms with van der Waals surface area (Å²) in [6.45, 7) is 0.0733. The van der Waals surface area contributed by atoms with Crippen molar-refractivity contribution in [1.82, 2.24) is 4.90 Å². The zero-order valence-electron chi connectivity index (χ0n) is 7.90. The number of hydrogen-bond donors (Lipinski definition) is 1. The highest BCUT2D eigenvalue weighted by atomic mass is 19.1. The van der Waals surface area contributed by atoms with E-state index in [9.17, 15) is 9.18 Å². The first kappa shape index (κ1) is 10.7. The van der Waals surface area contributed by atoms with Crippen LogP contribution in [0.2, 0.25) is 0 Å². The summed E-state index contributed by atoms with van der Waals surface area (Å²) in [5.41, 5.74) is 0.0310. The van der Waals surface area contributed by atoms with Crippen molar-refractivity contribution in [1.29, 1.82) is 0 Å². The number of aliphatic hydroxyl groups is 1. The summed E-state index contributed by atoms with van der Waals surface area (Å²) in [6, 6.07) is 5.78. The van der Waals surface area contributed by atoms with E-state index < -0.39 is 11.7 Å². The molecule has 0 aliphatic rings. The monoisotopic (exact) mass is 197 g/mol. The second-order valence-electron chi connectivity index (χ2n) is 2.93. The Labute approximate surface area is 81.8 Å². The third kappa shape index (κ3) is 2.29. The highest BCUT2D eigenvalue weighted by Gasteiger charge is 2.14. The van der Waals surface area contributed by atoms with E-state index in [4.69, 9.17) is 5.11 Å². The number of rotatable bonds is 3. The molecule has 14 heavy (non-hydrogen) atoms. The summed E-state index contributed by atoms with van der Waals surface area (Å²) in [5, 5.41) is 8.61. The van der Waals surface area contributed by atoms with Gasteiger partial charge in [-0.1, -0.05) is 12.1 Å². The van der Waals surface area contributed by atoms with E-state index in [1.165, 1.54) is 30.1 Å². The fourth-order valence-electron chi connectivity index (χ4n) is 1.09. The zero-order valence-corrected chi connectivity index (χ0v) is 7.90. The number of hydrogen-bond acceptors (Lipinski definition) is 2. The van der Waals surface area contributed by atoms with Crippen LogP contribution in [0.4, 0.5) is 4.39 Å². The van der Waals surface area contributed by atoms with Crippen molar-refractivity contribution < 1.29 is 14.3 Å². The first-order chi connectivity index (χ1) is 6.66. The van der Waals surface area contributed by atoms with Crippen LogP contribution >= 0.6 is 0 Å². The van der Waals surface area contributed by atoms with Crippen molar-refractivity contribution in [3.05, 3.63) is 35.6 Å². The van der Waals surface area contributed by atoms with Gasteiger partial charge < -0.3 is 10.0 Å². The maximum Gasteiger partial charge on any atom is 0.256 e. The molecule has 4 heteroatoms. The molecule has 0 spiro atoms. The molecule has 0 fully saturated rings. The summed E-state index contributed by atoms with van der Waals surface area (Å²) in [4.78, 5) is 12.8. The van der Waals surface area contributed by atoms with Gasteiger partial charge in [-0.15, -0.1) is 0 Å². The molecular weight excluding hydrogens is 185 g/mol. The van der Waals surface area contributed by atoms with Gasteiger partial charge in [-0.25, -0.2) is 4.39 Å². The topological polar surface area (TPSA) is 40.5 Å². The highest BCUT2D eigenvalue weighted by molar-refractivity contribution is 5.94. The van der Waals surface area contributed by atoms with Gasteiger partial charge in [-0.2, -0.15) is 0 Å². The smallest absolute Gasteiger partial charge is 0.256 e. The number of carbonyl (C=O) groups is 1. The Kier molecular flexibility index (Phi) is 3.59. The third-order valence-corrected chi connectivity index (χ3v) is 1.89. The van der Waals surface area contributed by atoms with E-state index in [2.05, 4.69) is 0 Å². The van der Waals surface area contributed by atoms with Crippen LogP contribution in [0.1, 0.15) is 10.4 Å². The van der Waals surface area contributed by atoms with E-state index in [-0.39, 0.29) is 18.7 Å². The van der Waals surface area contributed by atoms with Crippen LogP contribution in [-0.4, -0.2) is 36.1 Å². The molecule has 0 saturated heterocycles. The van der Waals surface area contributed by atoms with Gasteiger partial charge in [0, 0.05) is 13.6 Å². The molecule has 0 unspecified atom stereocenters. The van der Waals surface area contributed by atoms with Gasteiger partial charge >= 0.3 is 0 Å². The minimum atomic E-state index is -0.540. The van der Waals surface area contributed by atoms with Crippen molar-refractivity contribution in [2.75, 3.05) is 20.2 Å². The van der Waals surface area contributed by atoms with Crippen LogP contribution in [-0.2, 0) is 0 Å². The first-order valence-corrected chi connectivity index (χ1v) is 4.27. The standard InChI is InChI=1S/C10H12FNO2/c1-12(6-7-13)10(14)8-4-2-3-5-9(8)11/h2-5,13H,6-7H2,1H3. The summed E-state index contributed by atoms with van der Waals surface area (Å²) < 4.78 is 13.1. The lowest BCUT2D eigenvalue weighted by atomic mass is 10.2. The number of halogens is 1. The molecule has 0 aliphatic heterocycles. The molecule has 1 aromatic carbocycles. The number of aliphatic hydroxyl groups excluding tert-OH is 1. The third-order valence-electron chi connectivity index (χ3n) is 1.89. The Morgan fingerprint density at radius 2 is 2.14 bits per heavy atom. The lowest BCUT2D eigenvalue weighted by Crippen LogP contribution is -2.30. The summed E-state index contributed by atoms with van der Waals surface area (Å²) in [6.07, 6.45) is 0. The second kappa shape index (κ2) is 4.72. The van der Waals surface area contributed by atoms with Crippen LogP contribution in [0.25, 0.3) is 0 Å². The van der Waals surface area contributed by atoms with Crippen LogP contribution in [0.15, 0.2) is 24.3 Å². The van der Waals surface area contributed by atoms with Gasteiger partial charge in [-0.05, 0) is 12.1 Å². The van der Waals surface area contributed by atoms with Crippen molar-refractivity contribution in [2.45, 2.75) is 0 Å². The van der Waals surface area contributed by atoms with Crippen molar-refractivity contribution in [2.24, 2.45) is 0 Å². The summed E-state index contributed by atoms with van der Waals surface area (Å²) >= 11 is 0. The molecular formula is C10H12FNO2. The average molecular weight is 197 g/mol. The van der Waals surface area contributed by atoms with E-state index in [1.54, 1.807) is 6.07 Å². The molecule has 3 nitrogen and oxygen atoms in total. The van der Waals surface area contributed by atoms with E-state index in [1.807, 2.05) is 0 Å². The van der Waals surface area contributed by atoms with Gasteiger partial charge in [0.1, 0.15) is 5.82 Å². The molecule has 0 aromatic heterocycles. The minimum Gasteiger partial charge on any atom is -0.395 e. The molecule has 0 saturated carbocycles. The molecule has 1 aromatic rings. The van der Waals surface area contributed by atoms with Crippen molar-refractivity contribution in [3.63, 3.8) is 0 Å². The van der Waals surface area contributed by atoms with Gasteiger partial charge in [0.2, 0.25) is 0 Å². The van der Waals surface area contributed by atoms with Crippen LogP contribution in [0.3, 0.4) is 0 Å². The van der Waals surface area contributed by atoms with Crippen LogP contribution in [0.5, 0.6) is 0 Å². The molecule has 0 atom stereocenters. The number of nitrogens with zero attached hydrogens (tertiary/aromatic N) is 1. The van der Waals surface area contributed by atoms with E-state index in [0.717, 1.165) is 0 Å². The SMILES string of the molecule is CN(CCO)C(=O)c1ccccc1F. The number of carbonyl (C=O) groups excluding carboxylic acids is 1. The van der Waals surface area contributed by atoms with E-state index in [0.29, 0.717) is 0 Å². The molecule has 76 valence electrons. The quantitative estimate of drug-likeness (QED) is 0.781. The lowest BCUT2D eigenvalue weighted by molar-refractivity contribution is 0.0762. The van der Waals surface area contributed by atoms with E-state index >= 15 is 0 Å². The molecule has 0 bridgehead atoms. The number of likely N-dealkylation sites (N-methyl/N-ethyl adjacent to an activating group) is 1. The Morgan fingerprint density at radius 1 is 1.50 bits per heavy atom. The van der Waals surface area contributed by atoms with Gasteiger partial charge in [0.25, 0.3) is 5.91 Å². The molecule has 0 aliphatic carbocycles. The van der Waals surface area contributed by atoms with Gasteiger partial charge in [0.15, 0.2) is 0 Å². The maximum atomic E-state index is 13.1. The van der Waals surface area contributed by atoms with Crippen LogP contribution < -0.4 is 0 Å². The normalized spacial score (nSPS) is 9.93. The summed E-state index contributed by atoms with van der Waals surface area (Å²) in [5.74, 6) is -0.959. The molecule has 0 heterocycles. The van der Waals surface area contributed by atoms with Gasteiger partial charge in [0.05, 0.1) is 12.2 Å². The largest absolute Gasteiger partial charge is 0.395 e. The fraction of sp³-hybridized carbons (Fsp3) is 0.300. The Hall–Kier alpha value is -1.42. The molecule has 1 amide bonds. The second-order valence-corrected chi connectivity index (χ2v) is 2.93. The summed E-state index contributed by atoms with van der Waals surface area (Å²) in [7, 11) is 1.52. The molecule has 1 rings (SSSR count). The predicted molar refractivity (Wildman–Crippen MR) is 50.4 cm³/mol. The predicted octanol–water partition coefficient (Wildman–Crippen LogP) is 0.890. The van der Waals surface area contributed by atoms with Crippen molar-refractivity contribution >= 4 is 5.91 Å². The fourth-order valence-corrected chi connectivity index (χ4v) is 1.09. The average Bonchev–Trinajstić information content (AvgIpc) is 2.18. The Balaban J connectivity index is 2.84. The first-order valence-electron chi connectivity index (χ1n) is 4.27. The number of amides is 1. The number of benzene rings is 1. The molecule has 0 radical (unpaired) electrons. The zero-order chi connectivity index (χ0) is 10.6. The minimum absolute atomic E-state index is 0.0310. The highest BCUT2D eigenvalue weighted by Crippen LogP contribution is 2.08. The Morgan fingerprint density at radius 3 is 2.71 bits per heavy atom. The van der Waals surface area contributed by atoms with Gasteiger partial charge in [-0.3, -0.25) is 4.79 Å². The Bertz CT molecular complexity index is 328. The van der Waals surface area contributed by atoms with Crippen LogP contribution in [0, 0.1) is 5.82 Å². The van der Waals surface area contributed by atoms with Crippen molar-refractivity contribution in [3.8, 4) is 0 Å². The lowest BCUT2D eigenvalue weighted by Gasteiger charge is -2.15. The molecule has 1 N–H and O–H groups in total.